The van der Waals surface area contributed by atoms with E-state index in [9.17, 15) is 9.59 Å². The van der Waals surface area contributed by atoms with Crippen molar-refractivity contribution >= 4 is 68.6 Å². The number of carbonyl (C=O) groups is 2. The molecule has 0 atom stereocenters. The summed E-state index contributed by atoms with van der Waals surface area (Å²) in [7, 11) is 0. The number of fused-ring (bicyclic) bond motifs is 2. The first-order valence-corrected chi connectivity index (χ1v) is 13.9. The molecule has 8 nitrogen and oxygen atoms in total. The first kappa shape index (κ1) is 28.0. The van der Waals surface area contributed by atoms with Crippen LogP contribution >= 0.6 is 23.2 Å². The molecule has 0 bridgehead atoms. The van der Waals surface area contributed by atoms with Gasteiger partial charge in [0.2, 0.25) is 0 Å². The van der Waals surface area contributed by atoms with E-state index in [1.54, 1.807) is 73.1 Å². The standard InChI is InChI=1S/C33H22Cl2N4O4/c34-26-13-15-28(30-24(26)3-1-17-36-30)42-32(40)38-22-9-5-20(6-10-22)19-21-7-11-23(12-8-21)39-33(41)43-29-16-14-27(35)25-4-2-18-37-31(25)29/h1-18H,19H2,(H,38,40)(H,39,41). The number of amides is 2. The molecule has 4 aromatic carbocycles. The Morgan fingerprint density at radius 2 is 1.00 bits per heavy atom. The summed E-state index contributed by atoms with van der Waals surface area (Å²) in [5.74, 6) is 0.631. The van der Waals surface area contributed by atoms with Crippen LogP contribution in [0.25, 0.3) is 21.8 Å². The number of hydrogen-bond acceptors (Lipinski definition) is 6. The normalized spacial score (nSPS) is 10.8. The number of carbonyl (C=O) groups excluding carboxylic acids is 2. The molecule has 0 radical (unpaired) electrons. The van der Waals surface area contributed by atoms with Gasteiger partial charge < -0.3 is 9.47 Å². The fraction of sp³-hybridized carbons (Fsp3) is 0.0303. The molecule has 2 heterocycles. The molecule has 0 saturated carbocycles. The lowest BCUT2D eigenvalue weighted by atomic mass is 10.0. The maximum Gasteiger partial charge on any atom is 0.417 e. The van der Waals surface area contributed by atoms with E-state index in [0.29, 0.717) is 61.1 Å². The molecule has 0 aliphatic carbocycles. The number of halogens is 2. The van der Waals surface area contributed by atoms with Gasteiger partial charge in [0.05, 0.1) is 10.0 Å². The molecule has 212 valence electrons. The maximum atomic E-state index is 12.5. The third kappa shape index (κ3) is 6.51. The van der Waals surface area contributed by atoms with E-state index in [2.05, 4.69) is 20.6 Å². The van der Waals surface area contributed by atoms with Crippen molar-refractivity contribution in [2.45, 2.75) is 6.42 Å². The van der Waals surface area contributed by atoms with Crippen LogP contribution in [0.1, 0.15) is 11.1 Å². The van der Waals surface area contributed by atoms with Crippen LogP contribution in [-0.2, 0) is 6.42 Å². The maximum absolute atomic E-state index is 12.5. The molecule has 6 aromatic rings. The van der Waals surface area contributed by atoms with Gasteiger partial charge in [0.15, 0.2) is 11.5 Å². The number of anilines is 2. The minimum atomic E-state index is -0.635. The number of rotatable bonds is 6. The monoisotopic (exact) mass is 608 g/mol. The summed E-state index contributed by atoms with van der Waals surface area (Å²) in [6.07, 6.45) is 2.61. The first-order chi connectivity index (χ1) is 20.9. The van der Waals surface area contributed by atoms with E-state index in [1.165, 1.54) is 0 Å². The number of nitrogens with one attached hydrogen (secondary N) is 2. The SMILES string of the molecule is O=C(Nc1ccc(Cc2ccc(NC(=O)Oc3ccc(Cl)c4cccnc34)cc2)cc1)Oc1ccc(Cl)c2cccnc12. The Labute approximate surface area is 256 Å². The van der Waals surface area contributed by atoms with Crippen molar-refractivity contribution in [2.24, 2.45) is 0 Å². The van der Waals surface area contributed by atoms with Gasteiger partial charge in [-0.3, -0.25) is 20.6 Å². The minimum absolute atomic E-state index is 0.316. The van der Waals surface area contributed by atoms with Crippen molar-refractivity contribution in [3.8, 4) is 11.5 Å². The van der Waals surface area contributed by atoms with Gasteiger partial charge in [0, 0.05) is 34.5 Å². The van der Waals surface area contributed by atoms with Crippen LogP contribution in [0.2, 0.25) is 10.0 Å². The molecular weight excluding hydrogens is 587 g/mol. The predicted octanol–water partition coefficient (Wildman–Crippen LogP) is 8.90. The second kappa shape index (κ2) is 12.4. The predicted molar refractivity (Wildman–Crippen MR) is 168 cm³/mol. The fourth-order valence-corrected chi connectivity index (χ4v) is 4.95. The van der Waals surface area contributed by atoms with Gasteiger partial charge in [-0.1, -0.05) is 47.5 Å². The average molecular weight is 609 g/mol. The quantitative estimate of drug-likeness (QED) is 0.196. The highest BCUT2D eigenvalue weighted by Gasteiger charge is 2.13. The molecule has 0 fully saturated rings. The lowest BCUT2D eigenvalue weighted by Gasteiger charge is -2.10. The third-order valence-corrected chi connectivity index (χ3v) is 7.23. The van der Waals surface area contributed by atoms with Crippen LogP contribution in [-0.4, -0.2) is 22.2 Å². The van der Waals surface area contributed by atoms with Crippen molar-refractivity contribution in [2.75, 3.05) is 10.6 Å². The lowest BCUT2D eigenvalue weighted by molar-refractivity contribution is 0.214. The molecule has 43 heavy (non-hydrogen) atoms. The Bertz CT molecular complexity index is 1820. The lowest BCUT2D eigenvalue weighted by Crippen LogP contribution is -2.17. The third-order valence-electron chi connectivity index (χ3n) is 6.57. The Hall–Kier alpha value is -5.18. The Kier molecular flexibility index (Phi) is 8.04. The Morgan fingerprint density at radius 1 is 0.581 bits per heavy atom. The molecule has 0 aliphatic rings. The van der Waals surface area contributed by atoms with Crippen LogP contribution in [0.3, 0.4) is 0 Å². The zero-order chi connectivity index (χ0) is 29.8. The second-order valence-electron chi connectivity index (χ2n) is 9.49. The van der Waals surface area contributed by atoms with Crippen molar-refractivity contribution in [3.05, 3.63) is 131 Å². The van der Waals surface area contributed by atoms with E-state index in [1.807, 2.05) is 36.4 Å². The van der Waals surface area contributed by atoms with Gasteiger partial charge in [-0.25, -0.2) is 9.59 Å². The van der Waals surface area contributed by atoms with Crippen LogP contribution < -0.4 is 20.1 Å². The minimum Gasteiger partial charge on any atom is -0.408 e. The van der Waals surface area contributed by atoms with Gasteiger partial charge in [0.1, 0.15) is 11.0 Å². The summed E-state index contributed by atoms with van der Waals surface area (Å²) < 4.78 is 11.0. The van der Waals surface area contributed by atoms with E-state index in [0.717, 1.165) is 11.1 Å². The first-order valence-electron chi connectivity index (χ1n) is 13.1. The topological polar surface area (TPSA) is 102 Å². The van der Waals surface area contributed by atoms with Gasteiger partial charge >= 0.3 is 12.2 Å². The van der Waals surface area contributed by atoms with Gasteiger partial charge in [-0.05, 0) is 90.3 Å². The van der Waals surface area contributed by atoms with Crippen molar-refractivity contribution in [3.63, 3.8) is 0 Å². The average Bonchev–Trinajstić information content (AvgIpc) is 3.02. The molecule has 2 aromatic heterocycles. The number of pyridine rings is 2. The number of ether oxygens (including phenoxy) is 2. The highest BCUT2D eigenvalue weighted by atomic mass is 35.5. The van der Waals surface area contributed by atoms with Crippen LogP contribution in [0, 0.1) is 0 Å². The van der Waals surface area contributed by atoms with E-state index < -0.39 is 12.2 Å². The molecular formula is C33H22Cl2N4O4. The number of nitrogens with zero attached hydrogens (tertiary/aromatic N) is 2. The van der Waals surface area contributed by atoms with Gasteiger partial charge in [-0.15, -0.1) is 0 Å². The largest absolute Gasteiger partial charge is 0.417 e. The fourth-order valence-electron chi connectivity index (χ4n) is 4.52. The molecule has 0 saturated heterocycles. The van der Waals surface area contributed by atoms with E-state index in [4.69, 9.17) is 32.7 Å². The zero-order valence-electron chi connectivity index (χ0n) is 22.4. The molecule has 10 heteroatoms. The van der Waals surface area contributed by atoms with Crippen LogP contribution in [0.15, 0.2) is 109 Å². The summed E-state index contributed by atoms with van der Waals surface area (Å²) in [5.41, 5.74) is 4.25. The highest BCUT2D eigenvalue weighted by Crippen LogP contribution is 2.31. The van der Waals surface area contributed by atoms with E-state index >= 15 is 0 Å². The molecule has 0 spiro atoms. The molecule has 6 rings (SSSR count). The summed E-state index contributed by atoms with van der Waals surface area (Å²) in [6.45, 7) is 0. The summed E-state index contributed by atoms with van der Waals surface area (Å²) in [6, 6.07) is 28.6. The zero-order valence-corrected chi connectivity index (χ0v) is 23.9. The number of aromatic nitrogens is 2. The molecule has 2 amide bonds. The van der Waals surface area contributed by atoms with Crippen LogP contribution in [0.5, 0.6) is 11.5 Å². The second-order valence-corrected chi connectivity index (χ2v) is 10.3. The summed E-state index contributed by atoms with van der Waals surface area (Å²) >= 11 is 12.4. The van der Waals surface area contributed by atoms with Gasteiger partial charge in [0.25, 0.3) is 0 Å². The Morgan fingerprint density at radius 3 is 1.42 bits per heavy atom. The number of benzene rings is 4. The summed E-state index contributed by atoms with van der Waals surface area (Å²) in [5, 5.41) is 7.92. The van der Waals surface area contributed by atoms with Gasteiger partial charge in [-0.2, -0.15) is 0 Å². The highest BCUT2D eigenvalue weighted by molar-refractivity contribution is 6.36. The summed E-state index contributed by atoms with van der Waals surface area (Å²) in [4.78, 5) is 33.6. The molecule has 0 aliphatic heterocycles. The van der Waals surface area contributed by atoms with Crippen molar-refractivity contribution < 1.29 is 19.1 Å². The molecule has 2 N–H and O–H groups in total. The van der Waals surface area contributed by atoms with E-state index in [-0.39, 0.29) is 0 Å². The van der Waals surface area contributed by atoms with Crippen LogP contribution in [0.4, 0.5) is 21.0 Å². The Balaban J connectivity index is 1.03. The van der Waals surface area contributed by atoms with Crippen molar-refractivity contribution in [1.29, 1.82) is 0 Å². The molecule has 0 unspecified atom stereocenters. The smallest absolute Gasteiger partial charge is 0.408 e. The van der Waals surface area contributed by atoms with Crippen molar-refractivity contribution in [1.82, 2.24) is 9.97 Å². The number of hydrogen-bond donors (Lipinski definition) is 2.